The molecule has 3 rings (SSSR count). The number of nitrogens with two attached hydrogens (primary N) is 1. The fourth-order valence-corrected chi connectivity index (χ4v) is 3.96. The van der Waals surface area contributed by atoms with E-state index in [9.17, 15) is 13.2 Å². The van der Waals surface area contributed by atoms with E-state index < -0.39 is 15.9 Å². The molecule has 0 radical (unpaired) electrons. The molecule has 0 spiro atoms. The summed E-state index contributed by atoms with van der Waals surface area (Å²) in [6.45, 7) is 5.69. The van der Waals surface area contributed by atoms with Crippen LogP contribution in [0.4, 0.5) is 5.82 Å². The smallest absolute Gasteiger partial charge is 0.281 e. The first-order valence-electron chi connectivity index (χ1n) is 9.21. The van der Waals surface area contributed by atoms with Crippen LogP contribution < -0.4 is 19.9 Å². The lowest BCUT2D eigenvalue weighted by atomic mass is 10.1. The van der Waals surface area contributed by atoms with E-state index >= 15 is 0 Å². The van der Waals surface area contributed by atoms with Crippen LogP contribution in [0.25, 0.3) is 0 Å². The number of carbonyl (C=O) groups excluding carboxylic acids is 1. The molecule has 0 aliphatic carbocycles. The summed E-state index contributed by atoms with van der Waals surface area (Å²) in [5.74, 6) is -0.301. The lowest BCUT2D eigenvalue weighted by Gasteiger charge is -2.15. The third kappa shape index (κ3) is 4.92. The zero-order valence-electron chi connectivity index (χ0n) is 17.5. The molecule has 2 aromatic heterocycles. The number of benzene rings is 1. The normalized spacial score (nSPS) is 11.1. The van der Waals surface area contributed by atoms with Crippen LogP contribution >= 0.6 is 0 Å². The third-order valence-electron chi connectivity index (χ3n) is 4.34. The van der Waals surface area contributed by atoms with Gasteiger partial charge in [-0.3, -0.25) is 4.79 Å². The molecule has 0 aliphatic heterocycles. The van der Waals surface area contributed by atoms with Gasteiger partial charge >= 0.3 is 0 Å². The van der Waals surface area contributed by atoms with Crippen LogP contribution in [0, 0.1) is 20.8 Å². The highest BCUT2D eigenvalue weighted by Gasteiger charge is 2.24. The van der Waals surface area contributed by atoms with Gasteiger partial charge in [0.05, 0.1) is 7.11 Å². The van der Waals surface area contributed by atoms with Gasteiger partial charge in [-0.2, -0.15) is 13.4 Å². The van der Waals surface area contributed by atoms with Crippen molar-refractivity contribution in [1.82, 2.24) is 14.7 Å². The Hall–Kier alpha value is -3.66. The summed E-state index contributed by atoms with van der Waals surface area (Å²) in [6, 6.07) is 10.8. The standard InChI is InChI=1S/C21H22N4O5S/c1-12-10-13(2)19(14(3)11-12)30-21-15(8-9-17(24-21)29-4)20(26)25-31(27,28)18-7-5-6-16(22)23-18/h5-11H,1-4H3,(H2,22,23)(H,25,26). The Morgan fingerprint density at radius 3 is 2.32 bits per heavy atom. The molecule has 1 aromatic carbocycles. The highest BCUT2D eigenvalue weighted by Crippen LogP contribution is 2.32. The molecule has 0 fully saturated rings. The van der Waals surface area contributed by atoms with E-state index in [1.54, 1.807) is 0 Å². The molecular weight excluding hydrogens is 420 g/mol. The number of aryl methyl sites for hydroxylation is 3. The number of rotatable bonds is 6. The first-order chi connectivity index (χ1) is 14.6. The minimum Gasteiger partial charge on any atom is -0.481 e. The number of amides is 1. The number of sulfonamides is 1. The average molecular weight is 442 g/mol. The number of carbonyl (C=O) groups is 1. The average Bonchev–Trinajstić information content (AvgIpc) is 2.70. The largest absolute Gasteiger partial charge is 0.481 e. The summed E-state index contributed by atoms with van der Waals surface area (Å²) in [4.78, 5) is 20.8. The van der Waals surface area contributed by atoms with Crippen molar-refractivity contribution in [2.75, 3.05) is 12.8 Å². The molecule has 0 aliphatic rings. The van der Waals surface area contributed by atoms with Gasteiger partial charge in [-0.1, -0.05) is 23.8 Å². The molecule has 0 bridgehead atoms. The molecule has 3 N–H and O–H groups in total. The van der Waals surface area contributed by atoms with Crippen molar-refractivity contribution in [3.63, 3.8) is 0 Å². The Labute approximate surface area is 180 Å². The number of methoxy groups -OCH3 is 1. The molecule has 0 saturated heterocycles. The van der Waals surface area contributed by atoms with Gasteiger partial charge in [-0.05, 0) is 50.1 Å². The second-order valence-corrected chi connectivity index (χ2v) is 8.50. The van der Waals surface area contributed by atoms with Crippen LogP contribution in [0.1, 0.15) is 27.0 Å². The maximum atomic E-state index is 12.8. The Morgan fingerprint density at radius 1 is 1.03 bits per heavy atom. The summed E-state index contributed by atoms with van der Waals surface area (Å²) >= 11 is 0. The van der Waals surface area contributed by atoms with Gasteiger partial charge in [0, 0.05) is 6.07 Å². The van der Waals surface area contributed by atoms with E-state index in [1.807, 2.05) is 37.6 Å². The Kier molecular flexibility index (Phi) is 6.11. The third-order valence-corrected chi connectivity index (χ3v) is 5.57. The van der Waals surface area contributed by atoms with Gasteiger partial charge in [-0.25, -0.2) is 9.71 Å². The quantitative estimate of drug-likeness (QED) is 0.595. The van der Waals surface area contributed by atoms with Crippen molar-refractivity contribution in [2.45, 2.75) is 25.8 Å². The van der Waals surface area contributed by atoms with E-state index in [0.717, 1.165) is 16.7 Å². The van der Waals surface area contributed by atoms with Gasteiger partial charge in [0.2, 0.25) is 11.8 Å². The Bertz CT molecular complexity index is 1240. The maximum Gasteiger partial charge on any atom is 0.281 e. The first-order valence-corrected chi connectivity index (χ1v) is 10.7. The van der Waals surface area contributed by atoms with E-state index in [2.05, 4.69) is 9.97 Å². The van der Waals surface area contributed by atoms with Crippen molar-refractivity contribution >= 4 is 21.7 Å². The number of hydrogen-bond donors (Lipinski definition) is 2. The first kappa shape index (κ1) is 22.0. The summed E-state index contributed by atoms with van der Waals surface area (Å²) in [5, 5.41) is -0.380. The van der Waals surface area contributed by atoms with Crippen molar-refractivity contribution in [3.8, 4) is 17.5 Å². The molecule has 9 nitrogen and oxygen atoms in total. The molecule has 31 heavy (non-hydrogen) atoms. The number of nitrogens with one attached hydrogen (secondary N) is 1. The molecule has 10 heteroatoms. The van der Waals surface area contributed by atoms with E-state index in [0.29, 0.717) is 5.75 Å². The van der Waals surface area contributed by atoms with E-state index in [1.165, 1.54) is 37.4 Å². The molecule has 162 valence electrons. The number of nitrogens with zero attached hydrogens (tertiary/aromatic N) is 2. The number of nitrogen functional groups attached to an aromatic ring is 1. The molecule has 0 atom stereocenters. The monoisotopic (exact) mass is 442 g/mol. The van der Waals surface area contributed by atoms with Gasteiger partial charge in [-0.15, -0.1) is 0 Å². The van der Waals surface area contributed by atoms with Gasteiger partial charge in [0.25, 0.3) is 15.9 Å². The van der Waals surface area contributed by atoms with Crippen molar-refractivity contribution < 1.29 is 22.7 Å². The summed E-state index contributed by atoms with van der Waals surface area (Å²) in [6.07, 6.45) is 0. The van der Waals surface area contributed by atoms with Crippen LogP contribution in [0.15, 0.2) is 47.5 Å². The summed E-state index contributed by atoms with van der Waals surface area (Å²) in [7, 11) is -2.84. The second-order valence-electron chi connectivity index (χ2n) is 6.87. The fourth-order valence-electron chi connectivity index (χ4n) is 3.02. The Morgan fingerprint density at radius 2 is 1.71 bits per heavy atom. The van der Waals surface area contributed by atoms with Crippen molar-refractivity contribution in [1.29, 1.82) is 0 Å². The lowest BCUT2D eigenvalue weighted by Crippen LogP contribution is -2.31. The maximum absolute atomic E-state index is 12.8. The molecule has 1 amide bonds. The minimum atomic E-state index is -4.26. The van der Waals surface area contributed by atoms with Crippen LogP contribution in [0.3, 0.4) is 0 Å². The topological polar surface area (TPSA) is 134 Å². The van der Waals surface area contributed by atoms with Crippen LogP contribution in [-0.2, 0) is 10.0 Å². The summed E-state index contributed by atoms with van der Waals surface area (Å²) in [5.41, 5.74) is 8.19. The van der Waals surface area contributed by atoms with Crippen LogP contribution in [-0.4, -0.2) is 31.4 Å². The number of ether oxygens (including phenoxy) is 2. The van der Waals surface area contributed by atoms with Crippen molar-refractivity contribution in [2.24, 2.45) is 0 Å². The number of aromatic nitrogens is 2. The highest BCUT2D eigenvalue weighted by molar-refractivity contribution is 7.90. The van der Waals surface area contributed by atoms with E-state index in [4.69, 9.17) is 15.2 Å². The zero-order valence-corrected chi connectivity index (χ0v) is 18.3. The van der Waals surface area contributed by atoms with Crippen molar-refractivity contribution in [3.05, 3.63) is 64.7 Å². The lowest BCUT2D eigenvalue weighted by molar-refractivity contribution is 0.0978. The molecular formula is C21H22N4O5S. The predicted molar refractivity (Wildman–Crippen MR) is 115 cm³/mol. The SMILES string of the molecule is COc1ccc(C(=O)NS(=O)(=O)c2cccc(N)n2)c(Oc2c(C)cc(C)cc2C)n1. The summed E-state index contributed by atoms with van der Waals surface area (Å²) < 4.78 is 38.2. The van der Waals surface area contributed by atoms with Crippen LogP contribution in [0.5, 0.6) is 17.5 Å². The second kappa shape index (κ2) is 8.60. The molecule has 0 unspecified atom stereocenters. The van der Waals surface area contributed by atoms with Gasteiger partial charge in [0.15, 0.2) is 5.03 Å². The zero-order chi connectivity index (χ0) is 22.8. The predicted octanol–water partition coefficient (Wildman–Crippen LogP) is 2.90. The number of pyridine rings is 2. The fraction of sp³-hybridized carbons (Fsp3) is 0.190. The van der Waals surface area contributed by atoms with Crippen LogP contribution in [0.2, 0.25) is 0 Å². The highest BCUT2D eigenvalue weighted by atomic mass is 32.2. The minimum absolute atomic E-state index is 0.00998. The molecule has 2 heterocycles. The Balaban J connectivity index is 1.99. The number of anilines is 1. The van der Waals surface area contributed by atoms with E-state index in [-0.39, 0.29) is 28.2 Å². The van der Waals surface area contributed by atoms with Gasteiger partial charge in [0.1, 0.15) is 17.1 Å². The molecule has 0 saturated carbocycles. The molecule has 3 aromatic rings. The van der Waals surface area contributed by atoms with Gasteiger partial charge < -0.3 is 15.2 Å². The number of hydrogen-bond acceptors (Lipinski definition) is 8.